The zero-order valence-electron chi connectivity index (χ0n) is 7.60. The molecule has 0 radical (unpaired) electrons. The molecule has 0 bridgehead atoms. The number of nitrogens with zero attached hydrogens (tertiary/aromatic N) is 1. The Hall–Kier alpha value is -1.97. The van der Waals surface area contributed by atoms with Crippen molar-refractivity contribution < 1.29 is 14.6 Å². The Bertz CT molecular complexity index is 487. The summed E-state index contributed by atoms with van der Waals surface area (Å²) in [5, 5.41) is 10.3. The van der Waals surface area contributed by atoms with Crippen molar-refractivity contribution in [2.24, 2.45) is 0 Å². The summed E-state index contributed by atoms with van der Waals surface area (Å²) < 4.78 is 5.67. The lowest BCUT2D eigenvalue weighted by Crippen LogP contribution is -2.10. The molecule has 72 valence electrons. The predicted octanol–water partition coefficient (Wildman–Crippen LogP) is 1.96. The topological polar surface area (TPSA) is 51.5 Å². The van der Waals surface area contributed by atoms with Crippen LogP contribution in [0.5, 0.6) is 5.88 Å². The van der Waals surface area contributed by atoms with Crippen LogP contribution in [0.25, 0.3) is 10.9 Å². The molecule has 0 fully saturated rings. The van der Waals surface area contributed by atoms with E-state index in [9.17, 15) is 9.90 Å². The Balaban J connectivity index is 2.74. The van der Waals surface area contributed by atoms with Gasteiger partial charge in [-0.3, -0.25) is 0 Å². The highest BCUT2D eigenvalue weighted by molar-refractivity contribution is 5.91. The SMILES string of the molecule is COC(=O)n1c(O)cc2ccccc21. The number of hydrogen-bond acceptors (Lipinski definition) is 3. The summed E-state index contributed by atoms with van der Waals surface area (Å²) in [7, 11) is 1.27. The van der Waals surface area contributed by atoms with Crippen molar-refractivity contribution in [2.75, 3.05) is 7.11 Å². The van der Waals surface area contributed by atoms with Crippen molar-refractivity contribution in [3.63, 3.8) is 0 Å². The molecule has 1 heterocycles. The summed E-state index contributed by atoms with van der Waals surface area (Å²) in [5.74, 6) is -0.113. The molecule has 4 heteroatoms. The maximum atomic E-state index is 11.3. The van der Waals surface area contributed by atoms with Gasteiger partial charge < -0.3 is 9.84 Å². The molecule has 1 N–H and O–H groups in total. The van der Waals surface area contributed by atoms with E-state index in [0.29, 0.717) is 5.52 Å². The second kappa shape index (κ2) is 3.06. The van der Waals surface area contributed by atoms with Gasteiger partial charge in [-0.15, -0.1) is 0 Å². The van der Waals surface area contributed by atoms with Crippen LogP contribution in [0.3, 0.4) is 0 Å². The van der Waals surface area contributed by atoms with Crippen LogP contribution in [0, 0.1) is 0 Å². The van der Waals surface area contributed by atoms with Gasteiger partial charge in [-0.2, -0.15) is 0 Å². The molecule has 2 aromatic rings. The normalized spacial score (nSPS) is 10.4. The molecule has 0 unspecified atom stereocenters. The summed E-state index contributed by atoms with van der Waals surface area (Å²) in [5.41, 5.74) is 0.636. The number of carbonyl (C=O) groups excluding carboxylic acids is 1. The number of rotatable bonds is 0. The molecule has 1 aromatic heterocycles. The fourth-order valence-corrected chi connectivity index (χ4v) is 1.42. The summed E-state index contributed by atoms with van der Waals surface area (Å²) >= 11 is 0. The number of para-hydroxylation sites is 1. The van der Waals surface area contributed by atoms with Crippen molar-refractivity contribution in [2.45, 2.75) is 0 Å². The Morgan fingerprint density at radius 3 is 2.86 bits per heavy atom. The molecular weight excluding hydrogens is 182 g/mol. The number of fused-ring (bicyclic) bond motifs is 1. The van der Waals surface area contributed by atoms with E-state index in [2.05, 4.69) is 4.74 Å². The molecule has 0 aliphatic heterocycles. The lowest BCUT2D eigenvalue weighted by Gasteiger charge is -2.02. The Morgan fingerprint density at radius 2 is 2.14 bits per heavy atom. The molecular formula is C10H9NO3. The summed E-state index contributed by atoms with van der Waals surface area (Å²) in [4.78, 5) is 11.3. The summed E-state index contributed by atoms with van der Waals surface area (Å²) in [6.45, 7) is 0. The van der Waals surface area contributed by atoms with Gasteiger partial charge in [0.25, 0.3) is 0 Å². The minimum absolute atomic E-state index is 0.113. The Morgan fingerprint density at radius 1 is 1.43 bits per heavy atom. The third kappa shape index (κ3) is 1.12. The average Bonchev–Trinajstić information content (AvgIpc) is 2.53. The maximum Gasteiger partial charge on any atom is 0.421 e. The summed E-state index contributed by atoms with van der Waals surface area (Å²) in [6, 6.07) is 8.71. The highest BCUT2D eigenvalue weighted by atomic mass is 16.5. The van der Waals surface area contributed by atoms with Gasteiger partial charge in [0.05, 0.1) is 12.6 Å². The van der Waals surface area contributed by atoms with Crippen LogP contribution in [0.2, 0.25) is 0 Å². The van der Waals surface area contributed by atoms with Crippen molar-refractivity contribution in [3.8, 4) is 5.88 Å². The van der Waals surface area contributed by atoms with Gasteiger partial charge in [-0.1, -0.05) is 18.2 Å². The number of aromatic hydroxyl groups is 1. The van der Waals surface area contributed by atoms with E-state index in [4.69, 9.17) is 0 Å². The predicted molar refractivity (Wildman–Crippen MR) is 51.4 cm³/mol. The highest BCUT2D eigenvalue weighted by Gasteiger charge is 2.13. The van der Waals surface area contributed by atoms with E-state index in [1.54, 1.807) is 12.1 Å². The molecule has 0 amide bonds. The third-order valence-corrected chi connectivity index (χ3v) is 2.05. The van der Waals surface area contributed by atoms with Crippen molar-refractivity contribution in [3.05, 3.63) is 30.3 Å². The number of benzene rings is 1. The first kappa shape index (κ1) is 8.62. The first-order chi connectivity index (χ1) is 6.74. The lowest BCUT2D eigenvalue weighted by atomic mass is 10.2. The number of methoxy groups -OCH3 is 1. The first-order valence-electron chi connectivity index (χ1n) is 4.12. The minimum Gasteiger partial charge on any atom is -0.494 e. The monoisotopic (exact) mass is 191 g/mol. The highest BCUT2D eigenvalue weighted by Crippen LogP contribution is 2.24. The molecule has 1 aromatic carbocycles. The second-order valence-corrected chi connectivity index (χ2v) is 2.87. The van der Waals surface area contributed by atoms with Crippen molar-refractivity contribution >= 4 is 17.0 Å². The van der Waals surface area contributed by atoms with E-state index < -0.39 is 6.09 Å². The summed E-state index contributed by atoms with van der Waals surface area (Å²) in [6.07, 6.45) is -0.594. The molecule has 0 aliphatic rings. The zero-order valence-corrected chi connectivity index (χ0v) is 7.60. The van der Waals surface area contributed by atoms with E-state index >= 15 is 0 Å². The standard InChI is InChI=1S/C10H9NO3/c1-14-10(13)11-8-5-3-2-4-7(8)6-9(11)12/h2-6,12H,1H3. The minimum atomic E-state index is -0.594. The van der Waals surface area contributed by atoms with Crippen LogP contribution in [-0.4, -0.2) is 22.9 Å². The fourth-order valence-electron chi connectivity index (χ4n) is 1.42. The van der Waals surface area contributed by atoms with Crippen LogP contribution in [-0.2, 0) is 4.74 Å². The average molecular weight is 191 g/mol. The quantitative estimate of drug-likeness (QED) is 0.692. The molecule has 2 rings (SSSR count). The number of aromatic nitrogens is 1. The van der Waals surface area contributed by atoms with Crippen LogP contribution >= 0.6 is 0 Å². The molecule has 4 nitrogen and oxygen atoms in total. The lowest BCUT2D eigenvalue weighted by molar-refractivity contribution is 0.171. The number of hydrogen-bond donors (Lipinski definition) is 1. The number of ether oxygens (including phenoxy) is 1. The Labute approximate surface area is 80.3 Å². The van der Waals surface area contributed by atoms with Crippen LogP contribution in [0.4, 0.5) is 4.79 Å². The van der Waals surface area contributed by atoms with Gasteiger partial charge in [0.15, 0.2) is 0 Å². The smallest absolute Gasteiger partial charge is 0.421 e. The van der Waals surface area contributed by atoms with E-state index in [0.717, 1.165) is 9.95 Å². The first-order valence-corrected chi connectivity index (χ1v) is 4.12. The zero-order chi connectivity index (χ0) is 10.1. The molecule has 0 aliphatic carbocycles. The fraction of sp³-hybridized carbons (Fsp3) is 0.100. The van der Waals surface area contributed by atoms with Crippen molar-refractivity contribution in [1.29, 1.82) is 0 Å². The van der Waals surface area contributed by atoms with E-state index in [-0.39, 0.29) is 5.88 Å². The second-order valence-electron chi connectivity index (χ2n) is 2.87. The van der Waals surface area contributed by atoms with Gasteiger partial charge in [0.1, 0.15) is 0 Å². The number of carbonyl (C=O) groups is 1. The van der Waals surface area contributed by atoms with Gasteiger partial charge in [-0.05, 0) is 6.07 Å². The Kier molecular flexibility index (Phi) is 1.89. The van der Waals surface area contributed by atoms with Crippen LogP contribution < -0.4 is 0 Å². The maximum absolute atomic E-state index is 11.3. The van der Waals surface area contributed by atoms with Gasteiger partial charge in [-0.25, -0.2) is 9.36 Å². The molecule has 0 atom stereocenters. The van der Waals surface area contributed by atoms with Gasteiger partial charge in [0, 0.05) is 11.5 Å². The van der Waals surface area contributed by atoms with Crippen molar-refractivity contribution in [1.82, 2.24) is 4.57 Å². The largest absolute Gasteiger partial charge is 0.494 e. The molecule has 0 saturated heterocycles. The van der Waals surface area contributed by atoms with Crippen LogP contribution in [0.15, 0.2) is 30.3 Å². The third-order valence-electron chi connectivity index (χ3n) is 2.05. The molecule has 0 spiro atoms. The molecule has 0 saturated carbocycles. The van der Waals surface area contributed by atoms with E-state index in [1.807, 2.05) is 12.1 Å². The van der Waals surface area contributed by atoms with Crippen LogP contribution in [0.1, 0.15) is 0 Å². The van der Waals surface area contributed by atoms with Gasteiger partial charge >= 0.3 is 6.09 Å². The molecule has 14 heavy (non-hydrogen) atoms. The van der Waals surface area contributed by atoms with E-state index in [1.165, 1.54) is 13.2 Å². The van der Waals surface area contributed by atoms with Gasteiger partial charge in [0.2, 0.25) is 5.88 Å².